The minimum Gasteiger partial charge on any atom is -0.378 e. The summed E-state index contributed by atoms with van der Waals surface area (Å²) in [4.78, 5) is 6.93. The van der Waals surface area contributed by atoms with Gasteiger partial charge in [0, 0.05) is 30.4 Å². The molecule has 0 aliphatic carbocycles. The fourth-order valence-electron chi connectivity index (χ4n) is 2.98. The highest BCUT2D eigenvalue weighted by atomic mass is 16.5. The Kier molecular flexibility index (Phi) is 2.78. The van der Waals surface area contributed by atoms with Crippen LogP contribution in [0.25, 0.3) is 21.7 Å². The van der Waals surface area contributed by atoms with Gasteiger partial charge >= 0.3 is 0 Å². The molecule has 2 heterocycles. The fourth-order valence-corrected chi connectivity index (χ4v) is 2.98. The molecular formula is C17H16N2O. The third-order valence-electron chi connectivity index (χ3n) is 3.96. The van der Waals surface area contributed by atoms with Gasteiger partial charge in [-0.2, -0.15) is 0 Å². The third kappa shape index (κ3) is 1.82. The number of nitrogens with zero attached hydrogens (tertiary/aromatic N) is 2. The molecule has 0 N–H and O–H groups in total. The second-order valence-electron chi connectivity index (χ2n) is 5.11. The van der Waals surface area contributed by atoms with E-state index in [2.05, 4.69) is 52.3 Å². The quantitative estimate of drug-likeness (QED) is 0.631. The Morgan fingerprint density at radius 2 is 1.80 bits per heavy atom. The van der Waals surface area contributed by atoms with Crippen LogP contribution in [0.15, 0.2) is 48.7 Å². The maximum atomic E-state index is 5.46. The van der Waals surface area contributed by atoms with Crippen LogP contribution in [0.3, 0.4) is 0 Å². The lowest BCUT2D eigenvalue weighted by Gasteiger charge is -2.30. The third-order valence-corrected chi connectivity index (χ3v) is 3.96. The van der Waals surface area contributed by atoms with Crippen molar-refractivity contribution < 1.29 is 4.74 Å². The summed E-state index contributed by atoms with van der Waals surface area (Å²) in [5.74, 6) is 0. The Morgan fingerprint density at radius 1 is 0.950 bits per heavy atom. The number of hydrogen-bond acceptors (Lipinski definition) is 3. The molecule has 1 fully saturated rings. The van der Waals surface area contributed by atoms with Crippen LogP contribution < -0.4 is 4.90 Å². The summed E-state index contributed by atoms with van der Waals surface area (Å²) in [5.41, 5.74) is 2.34. The van der Waals surface area contributed by atoms with E-state index in [1.54, 1.807) is 0 Å². The van der Waals surface area contributed by atoms with E-state index in [9.17, 15) is 0 Å². The number of aromatic nitrogens is 1. The van der Waals surface area contributed by atoms with Gasteiger partial charge in [0.05, 0.1) is 18.7 Å². The van der Waals surface area contributed by atoms with Crippen LogP contribution in [-0.4, -0.2) is 31.3 Å². The molecule has 0 saturated carbocycles. The van der Waals surface area contributed by atoms with Crippen molar-refractivity contribution in [3.8, 4) is 0 Å². The number of hydrogen-bond donors (Lipinski definition) is 0. The molecule has 0 atom stereocenters. The second-order valence-corrected chi connectivity index (χ2v) is 5.11. The van der Waals surface area contributed by atoms with E-state index >= 15 is 0 Å². The first-order chi connectivity index (χ1) is 9.93. The Labute approximate surface area is 117 Å². The van der Waals surface area contributed by atoms with Gasteiger partial charge < -0.3 is 9.64 Å². The molecule has 0 unspecified atom stereocenters. The van der Waals surface area contributed by atoms with E-state index in [0.717, 1.165) is 31.8 Å². The minimum absolute atomic E-state index is 0.800. The van der Waals surface area contributed by atoms with Gasteiger partial charge in [-0.25, -0.2) is 0 Å². The zero-order valence-corrected chi connectivity index (χ0v) is 11.2. The Morgan fingerprint density at radius 3 is 2.70 bits per heavy atom. The number of fused-ring (bicyclic) bond motifs is 3. The predicted molar refractivity (Wildman–Crippen MR) is 82.3 cm³/mol. The molecule has 4 rings (SSSR count). The molecule has 3 aromatic rings. The van der Waals surface area contributed by atoms with Crippen LogP contribution in [0.1, 0.15) is 0 Å². The number of morpholine rings is 1. The van der Waals surface area contributed by atoms with Gasteiger partial charge in [-0.3, -0.25) is 4.98 Å². The van der Waals surface area contributed by atoms with Crippen LogP contribution in [0.5, 0.6) is 0 Å². The summed E-state index contributed by atoms with van der Waals surface area (Å²) >= 11 is 0. The van der Waals surface area contributed by atoms with Crippen molar-refractivity contribution in [3.05, 3.63) is 48.7 Å². The molecule has 1 aliphatic rings. The maximum Gasteiger partial charge on any atom is 0.0729 e. The summed E-state index contributed by atoms with van der Waals surface area (Å²) in [6.07, 6.45) is 1.90. The zero-order valence-electron chi connectivity index (χ0n) is 11.2. The van der Waals surface area contributed by atoms with Crippen molar-refractivity contribution in [2.75, 3.05) is 31.2 Å². The fraction of sp³-hybridized carbons (Fsp3) is 0.235. The van der Waals surface area contributed by atoms with E-state index in [0.29, 0.717) is 0 Å². The normalized spacial score (nSPS) is 15.9. The molecule has 3 heteroatoms. The van der Waals surface area contributed by atoms with E-state index in [4.69, 9.17) is 4.74 Å². The van der Waals surface area contributed by atoms with Gasteiger partial charge in [-0.15, -0.1) is 0 Å². The molecule has 3 nitrogen and oxygen atoms in total. The predicted octanol–water partition coefficient (Wildman–Crippen LogP) is 3.22. The van der Waals surface area contributed by atoms with E-state index in [-0.39, 0.29) is 0 Å². The lowest BCUT2D eigenvalue weighted by atomic mass is 10.0. The van der Waals surface area contributed by atoms with E-state index < -0.39 is 0 Å². The van der Waals surface area contributed by atoms with Gasteiger partial charge in [-0.1, -0.05) is 30.3 Å². The summed E-state index contributed by atoms with van der Waals surface area (Å²) in [7, 11) is 0. The van der Waals surface area contributed by atoms with E-state index in [1.165, 1.54) is 21.8 Å². The second kappa shape index (κ2) is 4.76. The Hall–Kier alpha value is -2.13. The molecule has 1 aromatic heterocycles. The first-order valence-corrected chi connectivity index (χ1v) is 7.03. The lowest BCUT2D eigenvalue weighted by molar-refractivity contribution is 0.123. The number of ether oxygens (including phenoxy) is 1. The smallest absolute Gasteiger partial charge is 0.0729 e. The monoisotopic (exact) mass is 264 g/mol. The average molecular weight is 264 g/mol. The van der Waals surface area contributed by atoms with Crippen molar-refractivity contribution >= 4 is 27.4 Å². The van der Waals surface area contributed by atoms with Crippen LogP contribution in [0.2, 0.25) is 0 Å². The highest BCUT2D eigenvalue weighted by Gasteiger charge is 2.15. The minimum atomic E-state index is 0.800. The number of anilines is 1. The van der Waals surface area contributed by atoms with Crippen molar-refractivity contribution in [3.63, 3.8) is 0 Å². The summed E-state index contributed by atoms with van der Waals surface area (Å²) in [6, 6.07) is 14.9. The van der Waals surface area contributed by atoms with Crippen molar-refractivity contribution in [1.29, 1.82) is 0 Å². The van der Waals surface area contributed by atoms with Gasteiger partial charge in [0.2, 0.25) is 0 Å². The molecule has 0 spiro atoms. The number of pyridine rings is 1. The average Bonchev–Trinajstić information content (AvgIpc) is 2.55. The SMILES string of the molecule is c1ccc2c(c1)ccc1nccc(N3CCOCC3)c12. The maximum absolute atomic E-state index is 5.46. The topological polar surface area (TPSA) is 25.4 Å². The molecule has 20 heavy (non-hydrogen) atoms. The van der Waals surface area contributed by atoms with Crippen LogP contribution in [0.4, 0.5) is 5.69 Å². The first kappa shape index (κ1) is 11.7. The molecule has 0 bridgehead atoms. The molecule has 0 radical (unpaired) electrons. The number of benzene rings is 2. The first-order valence-electron chi connectivity index (χ1n) is 7.03. The van der Waals surface area contributed by atoms with Crippen LogP contribution in [0, 0.1) is 0 Å². The molecule has 0 amide bonds. The van der Waals surface area contributed by atoms with Gasteiger partial charge in [0.1, 0.15) is 0 Å². The van der Waals surface area contributed by atoms with Crippen molar-refractivity contribution in [2.24, 2.45) is 0 Å². The van der Waals surface area contributed by atoms with Gasteiger partial charge in [0.15, 0.2) is 0 Å². The summed E-state index contributed by atoms with van der Waals surface area (Å²) in [5, 5.41) is 3.80. The van der Waals surface area contributed by atoms with Crippen LogP contribution in [-0.2, 0) is 4.74 Å². The highest BCUT2D eigenvalue weighted by Crippen LogP contribution is 2.32. The van der Waals surface area contributed by atoms with Crippen LogP contribution >= 0.6 is 0 Å². The summed E-state index contributed by atoms with van der Waals surface area (Å²) in [6.45, 7) is 3.49. The van der Waals surface area contributed by atoms with Crippen molar-refractivity contribution in [1.82, 2.24) is 4.98 Å². The molecule has 1 saturated heterocycles. The Bertz CT molecular complexity index is 763. The van der Waals surface area contributed by atoms with Crippen molar-refractivity contribution in [2.45, 2.75) is 0 Å². The molecule has 100 valence electrons. The summed E-state index contributed by atoms with van der Waals surface area (Å²) < 4.78 is 5.46. The Balaban J connectivity index is 2.02. The largest absolute Gasteiger partial charge is 0.378 e. The molecular weight excluding hydrogens is 248 g/mol. The number of rotatable bonds is 1. The molecule has 2 aromatic carbocycles. The van der Waals surface area contributed by atoms with Gasteiger partial charge in [-0.05, 0) is 22.9 Å². The molecule has 1 aliphatic heterocycles. The standard InChI is InChI=1S/C17H16N2O/c1-2-4-14-13(3-1)5-6-15-17(14)16(7-8-18-15)19-9-11-20-12-10-19/h1-8H,9-12H2. The highest BCUT2D eigenvalue weighted by molar-refractivity contribution is 6.12. The zero-order chi connectivity index (χ0) is 13.4. The van der Waals surface area contributed by atoms with E-state index in [1.807, 2.05) is 6.20 Å². The lowest BCUT2D eigenvalue weighted by Crippen LogP contribution is -2.36. The van der Waals surface area contributed by atoms with Gasteiger partial charge in [0.25, 0.3) is 0 Å².